The van der Waals surface area contributed by atoms with Crippen molar-refractivity contribution < 1.29 is 4.79 Å². The van der Waals surface area contributed by atoms with Gasteiger partial charge in [-0.15, -0.1) is 0 Å². The Kier molecular flexibility index (Phi) is 6.65. The summed E-state index contributed by atoms with van der Waals surface area (Å²) in [6.45, 7) is 6.19. The summed E-state index contributed by atoms with van der Waals surface area (Å²) in [5.74, 6) is 1.92. The van der Waals surface area contributed by atoms with E-state index in [4.69, 9.17) is 5.10 Å². The van der Waals surface area contributed by atoms with Crippen molar-refractivity contribution >= 4 is 11.7 Å². The van der Waals surface area contributed by atoms with Crippen LogP contribution in [0.3, 0.4) is 0 Å². The van der Waals surface area contributed by atoms with Crippen molar-refractivity contribution in [3.05, 3.63) is 29.3 Å². The highest BCUT2D eigenvalue weighted by Gasteiger charge is 2.19. The van der Waals surface area contributed by atoms with E-state index in [-0.39, 0.29) is 5.91 Å². The molecule has 0 aromatic carbocycles. The quantitative estimate of drug-likeness (QED) is 0.787. The van der Waals surface area contributed by atoms with Crippen LogP contribution in [0.5, 0.6) is 0 Å². The fourth-order valence-corrected chi connectivity index (χ4v) is 4.79. The Hall–Kier alpha value is -2.44. The van der Waals surface area contributed by atoms with E-state index >= 15 is 0 Å². The minimum absolute atomic E-state index is 0.155. The number of carbonyl (C=O) groups excluding carboxylic acids is 1. The van der Waals surface area contributed by atoms with Crippen molar-refractivity contribution in [2.75, 3.05) is 18.0 Å². The van der Waals surface area contributed by atoms with Gasteiger partial charge in [-0.3, -0.25) is 4.79 Å². The second kappa shape index (κ2) is 9.58. The van der Waals surface area contributed by atoms with Crippen LogP contribution in [-0.2, 0) is 11.2 Å². The molecule has 162 valence electrons. The molecule has 7 nitrogen and oxygen atoms in total. The number of nitrogens with one attached hydrogen (secondary N) is 1. The van der Waals surface area contributed by atoms with Gasteiger partial charge in [0.05, 0.1) is 5.69 Å². The summed E-state index contributed by atoms with van der Waals surface area (Å²) >= 11 is 0. The molecule has 0 bridgehead atoms. The molecule has 1 aliphatic carbocycles. The van der Waals surface area contributed by atoms with E-state index in [1.165, 1.54) is 38.5 Å². The smallest absolute Gasteiger partial charge is 0.220 e. The highest BCUT2D eigenvalue weighted by molar-refractivity contribution is 5.76. The fourth-order valence-electron chi connectivity index (χ4n) is 4.79. The molecule has 1 aliphatic heterocycles. The first-order valence-electron chi connectivity index (χ1n) is 11.5. The lowest BCUT2D eigenvalue weighted by Gasteiger charge is -2.27. The standard InChI is InChI=1S/C23H34N6O/c1-17-20(11-12-23(30)26-19-9-5-3-6-10-19)18(2)29(27-17)22-15-21(24-16-25-22)28-13-7-4-8-14-28/h15-16,19H,3-14H2,1-2H3,(H,26,30). The van der Waals surface area contributed by atoms with Crippen LogP contribution in [0.15, 0.2) is 12.4 Å². The zero-order valence-corrected chi connectivity index (χ0v) is 18.4. The number of hydrogen-bond donors (Lipinski definition) is 1. The molecule has 2 fully saturated rings. The van der Waals surface area contributed by atoms with Crippen molar-refractivity contribution in [2.45, 2.75) is 84.1 Å². The van der Waals surface area contributed by atoms with Crippen LogP contribution in [0.4, 0.5) is 5.82 Å². The SMILES string of the molecule is Cc1nn(-c2cc(N3CCCCC3)ncn2)c(C)c1CCC(=O)NC1CCCCC1. The molecule has 0 radical (unpaired) electrons. The highest BCUT2D eigenvalue weighted by Crippen LogP contribution is 2.23. The molecule has 3 heterocycles. The molecule has 7 heteroatoms. The van der Waals surface area contributed by atoms with E-state index in [0.717, 1.165) is 54.5 Å². The van der Waals surface area contributed by atoms with E-state index in [9.17, 15) is 4.79 Å². The predicted molar refractivity (Wildman–Crippen MR) is 118 cm³/mol. The third-order valence-electron chi connectivity index (χ3n) is 6.55. The van der Waals surface area contributed by atoms with E-state index in [0.29, 0.717) is 18.9 Å². The van der Waals surface area contributed by atoms with Gasteiger partial charge >= 0.3 is 0 Å². The number of nitrogens with zero attached hydrogens (tertiary/aromatic N) is 5. The van der Waals surface area contributed by atoms with Gasteiger partial charge in [0.2, 0.25) is 5.91 Å². The minimum atomic E-state index is 0.155. The van der Waals surface area contributed by atoms with Gasteiger partial charge in [-0.05, 0) is 57.9 Å². The van der Waals surface area contributed by atoms with Crippen LogP contribution < -0.4 is 10.2 Å². The van der Waals surface area contributed by atoms with E-state index in [2.05, 4.69) is 27.1 Å². The Morgan fingerprint density at radius 3 is 2.50 bits per heavy atom. The van der Waals surface area contributed by atoms with Crippen LogP contribution >= 0.6 is 0 Å². The lowest BCUT2D eigenvalue weighted by atomic mass is 9.95. The maximum atomic E-state index is 12.4. The molecular weight excluding hydrogens is 376 g/mol. The number of rotatable bonds is 6. The number of amides is 1. The second-order valence-electron chi connectivity index (χ2n) is 8.75. The fraction of sp³-hybridized carbons (Fsp3) is 0.652. The Morgan fingerprint density at radius 1 is 1.03 bits per heavy atom. The number of hydrogen-bond acceptors (Lipinski definition) is 5. The van der Waals surface area contributed by atoms with Gasteiger partial charge in [-0.2, -0.15) is 5.10 Å². The average molecular weight is 411 g/mol. The summed E-state index contributed by atoms with van der Waals surface area (Å²) in [6.07, 6.45) is 12.6. The number of carbonyl (C=O) groups is 1. The molecule has 30 heavy (non-hydrogen) atoms. The topological polar surface area (TPSA) is 75.9 Å². The third-order valence-corrected chi connectivity index (χ3v) is 6.55. The lowest BCUT2D eigenvalue weighted by Crippen LogP contribution is -2.36. The maximum Gasteiger partial charge on any atom is 0.220 e. The van der Waals surface area contributed by atoms with Crippen LogP contribution in [-0.4, -0.2) is 44.8 Å². The highest BCUT2D eigenvalue weighted by atomic mass is 16.1. The Balaban J connectivity index is 1.43. The first kappa shape index (κ1) is 20.8. The second-order valence-corrected chi connectivity index (χ2v) is 8.75. The molecule has 1 saturated carbocycles. The normalized spacial score (nSPS) is 17.9. The number of aryl methyl sites for hydroxylation is 1. The first-order chi connectivity index (χ1) is 14.6. The monoisotopic (exact) mass is 410 g/mol. The molecule has 2 aromatic heterocycles. The Morgan fingerprint density at radius 2 is 1.73 bits per heavy atom. The summed E-state index contributed by atoms with van der Waals surface area (Å²) in [6, 6.07) is 2.40. The molecule has 0 unspecified atom stereocenters. The lowest BCUT2D eigenvalue weighted by molar-refractivity contribution is -0.121. The number of piperidine rings is 1. The van der Waals surface area contributed by atoms with E-state index in [1.54, 1.807) is 6.33 Å². The van der Waals surface area contributed by atoms with Crippen LogP contribution in [0.25, 0.3) is 5.82 Å². The van der Waals surface area contributed by atoms with Crippen molar-refractivity contribution in [1.82, 2.24) is 25.1 Å². The van der Waals surface area contributed by atoms with Crippen LogP contribution in [0.2, 0.25) is 0 Å². The molecule has 1 N–H and O–H groups in total. The summed E-state index contributed by atoms with van der Waals surface area (Å²) in [7, 11) is 0. The molecule has 2 aromatic rings. The van der Waals surface area contributed by atoms with Crippen LogP contribution in [0.1, 0.15) is 74.7 Å². The molecular formula is C23H34N6O. The maximum absolute atomic E-state index is 12.4. The van der Waals surface area contributed by atoms with Gasteiger partial charge in [-0.25, -0.2) is 14.6 Å². The van der Waals surface area contributed by atoms with Crippen molar-refractivity contribution in [3.63, 3.8) is 0 Å². The van der Waals surface area contributed by atoms with Crippen molar-refractivity contribution in [2.24, 2.45) is 0 Å². The molecule has 1 saturated heterocycles. The van der Waals surface area contributed by atoms with E-state index in [1.807, 2.05) is 17.7 Å². The van der Waals surface area contributed by atoms with Crippen molar-refractivity contribution in [3.8, 4) is 5.82 Å². The van der Waals surface area contributed by atoms with Gasteiger partial charge in [0, 0.05) is 37.3 Å². The molecule has 0 atom stereocenters. The summed E-state index contributed by atoms with van der Waals surface area (Å²) < 4.78 is 1.90. The van der Waals surface area contributed by atoms with Gasteiger partial charge in [-0.1, -0.05) is 19.3 Å². The van der Waals surface area contributed by atoms with Crippen molar-refractivity contribution in [1.29, 1.82) is 0 Å². The minimum Gasteiger partial charge on any atom is -0.356 e. The average Bonchev–Trinajstić information content (AvgIpc) is 3.07. The molecule has 0 spiro atoms. The number of anilines is 1. The van der Waals surface area contributed by atoms with Gasteiger partial charge < -0.3 is 10.2 Å². The third kappa shape index (κ3) is 4.82. The Bertz CT molecular complexity index is 865. The Labute approximate surface area is 179 Å². The van der Waals surface area contributed by atoms with Gasteiger partial charge in [0.15, 0.2) is 5.82 Å². The summed E-state index contributed by atoms with van der Waals surface area (Å²) in [5.41, 5.74) is 3.17. The largest absolute Gasteiger partial charge is 0.356 e. The molecule has 4 rings (SSSR count). The summed E-state index contributed by atoms with van der Waals surface area (Å²) in [4.78, 5) is 23.7. The first-order valence-corrected chi connectivity index (χ1v) is 11.5. The molecule has 2 aliphatic rings. The van der Waals surface area contributed by atoms with E-state index < -0.39 is 0 Å². The molecule has 1 amide bonds. The summed E-state index contributed by atoms with van der Waals surface area (Å²) in [5, 5.41) is 7.95. The number of aromatic nitrogens is 4. The zero-order chi connectivity index (χ0) is 20.9. The van der Waals surface area contributed by atoms with Gasteiger partial charge in [0.1, 0.15) is 12.1 Å². The predicted octanol–water partition coefficient (Wildman–Crippen LogP) is 3.65. The van der Waals surface area contributed by atoms with Crippen LogP contribution in [0, 0.1) is 13.8 Å². The zero-order valence-electron chi connectivity index (χ0n) is 18.4. The van der Waals surface area contributed by atoms with Gasteiger partial charge in [0.25, 0.3) is 0 Å².